The van der Waals surface area contributed by atoms with Crippen LogP contribution in [0.15, 0.2) is 36.7 Å². The number of halogens is 1. The molecule has 1 aromatic carbocycles. The first-order chi connectivity index (χ1) is 14.8. The van der Waals surface area contributed by atoms with E-state index < -0.39 is 0 Å². The van der Waals surface area contributed by atoms with Crippen LogP contribution in [0.2, 0.25) is 0 Å². The van der Waals surface area contributed by atoms with Crippen LogP contribution < -0.4 is 4.74 Å². The second-order valence-corrected chi connectivity index (χ2v) is 9.81. The Morgan fingerprint density at radius 3 is 2.17 bits per heavy atom. The Hall–Kier alpha value is -1.31. The summed E-state index contributed by atoms with van der Waals surface area (Å²) >= 11 is 0. The fraction of sp³-hybridized carbons (Fsp3) is 0.714. The molecular weight excluding hydrogens is 371 g/mol. The molecule has 30 heavy (non-hydrogen) atoms. The van der Waals surface area contributed by atoms with Crippen molar-refractivity contribution in [2.45, 2.75) is 103 Å². The Morgan fingerprint density at radius 2 is 1.53 bits per heavy atom. The van der Waals surface area contributed by atoms with Crippen molar-refractivity contribution in [3.05, 3.63) is 42.2 Å². The molecule has 2 aliphatic rings. The van der Waals surface area contributed by atoms with E-state index in [1.165, 1.54) is 82.6 Å². The molecule has 0 heterocycles. The summed E-state index contributed by atoms with van der Waals surface area (Å²) in [7, 11) is 0. The van der Waals surface area contributed by atoms with E-state index >= 15 is 0 Å². The van der Waals surface area contributed by atoms with Crippen molar-refractivity contribution in [2.75, 3.05) is 6.61 Å². The molecule has 0 unspecified atom stereocenters. The topological polar surface area (TPSA) is 9.23 Å². The van der Waals surface area contributed by atoms with Crippen molar-refractivity contribution in [2.24, 2.45) is 17.8 Å². The van der Waals surface area contributed by atoms with Crippen LogP contribution in [0.5, 0.6) is 5.75 Å². The van der Waals surface area contributed by atoms with Crippen molar-refractivity contribution < 1.29 is 9.13 Å². The highest BCUT2D eigenvalue weighted by atomic mass is 19.1. The van der Waals surface area contributed by atoms with Crippen molar-refractivity contribution >= 4 is 0 Å². The van der Waals surface area contributed by atoms with Gasteiger partial charge in [0.15, 0.2) is 0 Å². The number of hydrogen-bond acceptors (Lipinski definition) is 1. The van der Waals surface area contributed by atoms with E-state index in [0.29, 0.717) is 6.33 Å². The van der Waals surface area contributed by atoms with Crippen LogP contribution >= 0.6 is 0 Å². The molecule has 2 fully saturated rings. The molecule has 2 aliphatic carbocycles. The minimum atomic E-state index is 0.708. The zero-order valence-electron chi connectivity index (χ0n) is 19.2. The molecule has 0 aromatic heterocycles. The van der Waals surface area contributed by atoms with E-state index in [-0.39, 0.29) is 0 Å². The number of rotatable bonds is 11. The molecule has 0 amide bonds. The number of allylic oxidation sites excluding steroid dienone is 1. The zero-order chi connectivity index (χ0) is 21.0. The lowest BCUT2D eigenvalue weighted by Gasteiger charge is -2.38. The van der Waals surface area contributed by atoms with Crippen LogP contribution in [0.3, 0.4) is 0 Å². The quantitative estimate of drug-likeness (QED) is 0.328. The van der Waals surface area contributed by atoms with Gasteiger partial charge in [0.2, 0.25) is 0 Å². The summed E-state index contributed by atoms with van der Waals surface area (Å²) in [5.74, 6) is 4.49. The van der Waals surface area contributed by atoms with E-state index in [9.17, 15) is 4.39 Å². The molecule has 0 N–H and O–H groups in total. The van der Waals surface area contributed by atoms with Crippen molar-refractivity contribution in [1.29, 1.82) is 0 Å². The SMILES string of the molecule is CCCCCCOc1ccc(C2CCC([C@H]3CC[C@H](CC/C=C/F)CC3)CC2)cc1. The highest BCUT2D eigenvalue weighted by Gasteiger charge is 2.31. The number of benzene rings is 1. The van der Waals surface area contributed by atoms with Crippen molar-refractivity contribution in [1.82, 2.24) is 0 Å². The van der Waals surface area contributed by atoms with Crippen LogP contribution in [-0.4, -0.2) is 6.61 Å². The van der Waals surface area contributed by atoms with Gasteiger partial charge in [0.25, 0.3) is 0 Å². The average Bonchev–Trinajstić information content (AvgIpc) is 2.80. The van der Waals surface area contributed by atoms with Gasteiger partial charge in [-0.15, -0.1) is 0 Å². The van der Waals surface area contributed by atoms with Gasteiger partial charge in [0.1, 0.15) is 5.75 Å². The van der Waals surface area contributed by atoms with Gasteiger partial charge in [-0.1, -0.05) is 57.2 Å². The Kier molecular flexibility index (Phi) is 10.3. The monoisotopic (exact) mass is 414 g/mol. The first kappa shape index (κ1) is 23.4. The molecular formula is C28H43FO. The summed E-state index contributed by atoms with van der Waals surface area (Å²) in [5.41, 5.74) is 1.51. The summed E-state index contributed by atoms with van der Waals surface area (Å²) in [6.07, 6.45) is 20.6. The van der Waals surface area contributed by atoms with Crippen molar-refractivity contribution in [3.8, 4) is 5.75 Å². The summed E-state index contributed by atoms with van der Waals surface area (Å²) in [6.45, 7) is 3.09. The molecule has 0 radical (unpaired) electrons. The van der Waals surface area contributed by atoms with Crippen LogP contribution in [0, 0.1) is 17.8 Å². The lowest BCUT2D eigenvalue weighted by Crippen LogP contribution is -2.25. The largest absolute Gasteiger partial charge is 0.494 e. The smallest absolute Gasteiger partial charge is 0.119 e. The maximum atomic E-state index is 12.1. The predicted octanol–water partition coefficient (Wildman–Crippen LogP) is 8.99. The maximum Gasteiger partial charge on any atom is 0.119 e. The first-order valence-corrected chi connectivity index (χ1v) is 12.8. The third-order valence-corrected chi connectivity index (χ3v) is 7.78. The molecule has 0 spiro atoms. The fourth-order valence-electron chi connectivity index (χ4n) is 5.82. The highest BCUT2D eigenvalue weighted by Crippen LogP contribution is 2.44. The molecule has 1 nitrogen and oxygen atoms in total. The van der Waals surface area contributed by atoms with Crippen LogP contribution in [-0.2, 0) is 0 Å². The van der Waals surface area contributed by atoms with Gasteiger partial charge in [-0.05, 0) is 99.2 Å². The Morgan fingerprint density at radius 1 is 0.867 bits per heavy atom. The second-order valence-electron chi connectivity index (χ2n) is 9.81. The zero-order valence-corrected chi connectivity index (χ0v) is 19.2. The minimum Gasteiger partial charge on any atom is -0.494 e. The molecule has 0 saturated heterocycles. The van der Waals surface area contributed by atoms with Crippen LogP contribution in [0.4, 0.5) is 4.39 Å². The van der Waals surface area contributed by atoms with E-state index in [1.807, 2.05) is 0 Å². The molecule has 2 heteroatoms. The Balaban J connectivity index is 1.35. The summed E-state index contributed by atoms with van der Waals surface area (Å²) in [6, 6.07) is 8.98. The van der Waals surface area contributed by atoms with Gasteiger partial charge < -0.3 is 4.74 Å². The van der Waals surface area contributed by atoms with Crippen LogP contribution in [0.1, 0.15) is 108 Å². The first-order valence-electron chi connectivity index (χ1n) is 12.8. The Bertz CT molecular complexity index is 592. The maximum absolute atomic E-state index is 12.1. The molecule has 168 valence electrons. The molecule has 0 bridgehead atoms. The average molecular weight is 415 g/mol. The van der Waals surface area contributed by atoms with Gasteiger partial charge in [-0.2, -0.15) is 0 Å². The van der Waals surface area contributed by atoms with E-state index in [0.717, 1.165) is 48.9 Å². The third-order valence-electron chi connectivity index (χ3n) is 7.78. The second kappa shape index (κ2) is 13.2. The number of unbranched alkanes of at least 4 members (excludes halogenated alkanes) is 3. The summed E-state index contributed by atoms with van der Waals surface area (Å²) < 4.78 is 18.0. The standard InChI is InChI=1S/C28H43FO/c1-2-3-4-7-22-30-28-19-17-27(18-20-28)26-15-13-25(14-16-26)24-11-9-23(10-12-24)8-5-6-21-29/h6,17-21,23-26H,2-5,7-16,22H2,1H3/b21-6+/t23-,24-,25?,26?. The minimum absolute atomic E-state index is 0.708. The van der Waals surface area contributed by atoms with Gasteiger partial charge in [-0.25, -0.2) is 4.39 Å². The normalized spacial score (nSPS) is 27.4. The van der Waals surface area contributed by atoms with Crippen LogP contribution in [0.25, 0.3) is 0 Å². The van der Waals surface area contributed by atoms with E-state index in [2.05, 4.69) is 31.2 Å². The van der Waals surface area contributed by atoms with Gasteiger partial charge in [0, 0.05) is 0 Å². The number of ether oxygens (including phenoxy) is 1. The predicted molar refractivity (Wildman–Crippen MR) is 126 cm³/mol. The fourth-order valence-corrected chi connectivity index (χ4v) is 5.82. The number of hydrogen-bond donors (Lipinski definition) is 0. The molecule has 0 aliphatic heterocycles. The van der Waals surface area contributed by atoms with Gasteiger partial charge >= 0.3 is 0 Å². The van der Waals surface area contributed by atoms with Crippen molar-refractivity contribution in [3.63, 3.8) is 0 Å². The van der Waals surface area contributed by atoms with E-state index in [4.69, 9.17) is 4.74 Å². The molecule has 3 rings (SSSR count). The highest BCUT2D eigenvalue weighted by molar-refractivity contribution is 5.29. The molecule has 0 atom stereocenters. The van der Waals surface area contributed by atoms with Gasteiger partial charge in [-0.3, -0.25) is 0 Å². The lowest BCUT2D eigenvalue weighted by molar-refractivity contribution is 0.157. The molecule has 2 saturated carbocycles. The molecule has 1 aromatic rings. The Labute approximate surface area is 184 Å². The van der Waals surface area contributed by atoms with Gasteiger partial charge in [0.05, 0.1) is 12.9 Å². The third kappa shape index (κ3) is 7.43. The van der Waals surface area contributed by atoms with E-state index in [1.54, 1.807) is 6.08 Å². The lowest BCUT2D eigenvalue weighted by atomic mass is 9.68. The summed E-state index contributed by atoms with van der Waals surface area (Å²) in [5, 5.41) is 0. The summed E-state index contributed by atoms with van der Waals surface area (Å²) in [4.78, 5) is 0.